The summed E-state index contributed by atoms with van der Waals surface area (Å²) in [6.45, 7) is 7.27. The zero-order valence-corrected chi connectivity index (χ0v) is 19.3. The molecule has 0 atom stereocenters. The molecule has 0 aliphatic heterocycles. The summed E-state index contributed by atoms with van der Waals surface area (Å²) in [4.78, 5) is 0. The highest BCUT2D eigenvalue weighted by molar-refractivity contribution is 7.57. The maximum Gasteiger partial charge on any atom is 0.353 e. The first-order chi connectivity index (χ1) is 13.3. The molecule has 6 heteroatoms. The smallest absolute Gasteiger partial charge is 0.353 e. The van der Waals surface area contributed by atoms with Gasteiger partial charge in [0, 0.05) is 26.6 Å². The van der Waals surface area contributed by atoms with Crippen LogP contribution in [0.2, 0.25) is 5.04 Å². The van der Waals surface area contributed by atoms with Gasteiger partial charge in [-0.2, -0.15) is 0 Å². The van der Waals surface area contributed by atoms with Crippen LogP contribution in [0.3, 0.4) is 0 Å². The molecule has 2 rings (SSSR count). The lowest BCUT2D eigenvalue weighted by Crippen LogP contribution is -2.66. The van der Waals surface area contributed by atoms with Crippen LogP contribution < -0.4 is 10.4 Å². The Morgan fingerprint density at radius 1 is 0.893 bits per heavy atom. The molecule has 2 aromatic rings. The van der Waals surface area contributed by atoms with Gasteiger partial charge >= 0.3 is 7.60 Å². The quantitative estimate of drug-likeness (QED) is 0.328. The fourth-order valence-electron chi connectivity index (χ4n) is 3.44. The van der Waals surface area contributed by atoms with Gasteiger partial charge in [0.1, 0.15) is 0 Å². The number of hydrogen-bond donors (Lipinski definition) is 0. The predicted molar refractivity (Wildman–Crippen MR) is 119 cm³/mol. The van der Waals surface area contributed by atoms with Crippen LogP contribution in [-0.4, -0.2) is 29.1 Å². The molecule has 0 aliphatic rings. The van der Waals surface area contributed by atoms with E-state index in [0.29, 0.717) is 13.0 Å². The van der Waals surface area contributed by atoms with Crippen LogP contribution in [0.4, 0.5) is 0 Å². The molecule has 0 bridgehead atoms. The zero-order chi connectivity index (χ0) is 20.7. The molecule has 0 unspecified atom stereocenters. The molecule has 0 N–H and O–H groups in total. The van der Waals surface area contributed by atoms with Crippen molar-refractivity contribution in [2.24, 2.45) is 0 Å². The molecule has 152 valence electrons. The maximum absolute atomic E-state index is 12.1. The third kappa shape index (κ3) is 5.10. The largest absolute Gasteiger partial charge is 0.407 e. The second kappa shape index (κ2) is 9.81. The van der Waals surface area contributed by atoms with Crippen LogP contribution in [-0.2, 0) is 18.0 Å². The highest BCUT2D eigenvalue weighted by Crippen LogP contribution is 2.47. The fourth-order valence-corrected chi connectivity index (χ4v) is 8.82. The molecule has 0 radical (unpaired) electrons. The Balaban J connectivity index is 2.35. The van der Waals surface area contributed by atoms with Crippen LogP contribution in [0.15, 0.2) is 72.6 Å². The van der Waals surface area contributed by atoms with Gasteiger partial charge in [-0.3, -0.25) is 4.57 Å². The van der Waals surface area contributed by atoms with Crippen LogP contribution in [0.1, 0.15) is 27.2 Å². The van der Waals surface area contributed by atoms with Crippen molar-refractivity contribution in [3.8, 4) is 0 Å². The SMILES string of the molecule is COP(=O)(C=CCCO[Si](c1ccccc1)(c1ccccc1)C(C)(C)C)OC. The highest BCUT2D eigenvalue weighted by Gasteiger charge is 2.49. The van der Waals surface area contributed by atoms with E-state index in [2.05, 4.69) is 69.3 Å². The summed E-state index contributed by atoms with van der Waals surface area (Å²) in [5.41, 5.74) is 0. The summed E-state index contributed by atoms with van der Waals surface area (Å²) in [6.07, 6.45) is 2.44. The summed E-state index contributed by atoms with van der Waals surface area (Å²) in [5.74, 6) is 1.50. The van der Waals surface area contributed by atoms with Gasteiger partial charge in [-0.15, -0.1) is 0 Å². The number of hydrogen-bond acceptors (Lipinski definition) is 4. The third-order valence-electron chi connectivity index (χ3n) is 4.82. The first kappa shape index (κ1) is 22.8. The Morgan fingerprint density at radius 3 is 1.75 bits per heavy atom. The minimum absolute atomic E-state index is 0.0617. The van der Waals surface area contributed by atoms with Crippen LogP contribution in [0.25, 0.3) is 0 Å². The van der Waals surface area contributed by atoms with E-state index in [9.17, 15) is 4.57 Å². The molecule has 0 heterocycles. The first-order valence-corrected chi connectivity index (χ1v) is 12.9. The molecule has 0 aliphatic carbocycles. The molecule has 0 saturated carbocycles. The highest BCUT2D eigenvalue weighted by atomic mass is 31.2. The number of benzene rings is 2. The summed E-state index contributed by atoms with van der Waals surface area (Å²) in [7, 11) is -2.90. The molecule has 0 spiro atoms. The summed E-state index contributed by atoms with van der Waals surface area (Å²) < 4.78 is 28.8. The molecule has 0 saturated heterocycles. The molecule has 0 aromatic heterocycles. The predicted octanol–water partition coefficient (Wildman–Crippen LogP) is 4.95. The first-order valence-electron chi connectivity index (χ1n) is 9.43. The van der Waals surface area contributed by atoms with Crippen LogP contribution in [0.5, 0.6) is 0 Å². The Bertz CT molecular complexity index is 753. The normalized spacial score (nSPS) is 13.2. The van der Waals surface area contributed by atoms with E-state index >= 15 is 0 Å². The number of rotatable bonds is 9. The molecular formula is C22H31O4PSi. The van der Waals surface area contributed by atoms with Gasteiger partial charge in [-0.05, 0) is 21.8 Å². The second-order valence-electron chi connectivity index (χ2n) is 7.59. The monoisotopic (exact) mass is 418 g/mol. The lowest BCUT2D eigenvalue weighted by Gasteiger charge is -2.43. The average molecular weight is 419 g/mol. The van der Waals surface area contributed by atoms with Crippen molar-refractivity contribution in [3.63, 3.8) is 0 Å². The molecule has 2 aromatic carbocycles. The van der Waals surface area contributed by atoms with Gasteiger partial charge in [0.2, 0.25) is 0 Å². The Morgan fingerprint density at radius 2 is 1.36 bits per heavy atom. The maximum atomic E-state index is 12.1. The zero-order valence-electron chi connectivity index (χ0n) is 17.4. The van der Waals surface area contributed by atoms with Gasteiger partial charge in [-0.25, -0.2) is 0 Å². The van der Waals surface area contributed by atoms with Gasteiger partial charge < -0.3 is 13.5 Å². The van der Waals surface area contributed by atoms with E-state index in [-0.39, 0.29) is 5.04 Å². The van der Waals surface area contributed by atoms with Gasteiger partial charge in [0.25, 0.3) is 8.32 Å². The Kier molecular flexibility index (Phi) is 7.99. The molecule has 0 fully saturated rings. The molecule has 4 nitrogen and oxygen atoms in total. The molecular weight excluding hydrogens is 387 g/mol. The van der Waals surface area contributed by atoms with Crippen molar-refractivity contribution >= 4 is 26.3 Å². The average Bonchev–Trinajstić information content (AvgIpc) is 2.71. The summed E-state index contributed by atoms with van der Waals surface area (Å²) in [6, 6.07) is 21.0. The van der Waals surface area contributed by atoms with Gasteiger partial charge in [0.05, 0.1) is 0 Å². The topological polar surface area (TPSA) is 44.8 Å². The minimum atomic E-state index is -3.14. The van der Waals surface area contributed by atoms with E-state index in [1.807, 2.05) is 18.2 Å². The van der Waals surface area contributed by atoms with E-state index in [4.69, 9.17) is 13.5 Å². The minimum Gasteiger partial charge on any atom is -0.407 e. The van der Waals surface area contributed by atoms with E-state index in [0.717, 1.165) is 0 Å². The Hall–Kier alpha value is -1.49. The molecule has 28 heavy (non-hydrogen) atoms. The second-order valence-corrected chi connectivity index (χ2v) is 14.0. The summed E-state index contributed by atoms with van der Waals surface area (Å²) >= 11 is 0. The Labute approximate surface area is 170 Å². The van der Waals surface area contributed by atoms with Gasteiger partial charge in [-0.1, -0.05) is 87.5 Å². The van der Waals surface area contributed by atoms with Crippen molar-refractivity contribution in [3.05, 3.63) is 72.6 Å². The van der Waals surface area contributed by atoms with Crippen molar-refractivity contribution < 1.29 is 18.0 Å². The summed E-state index contributed by atoms with van der Waals surface area (Å²) in [5, 5.41) is 2.43. The fraction of sp³-hybridized carbons (Fsp3) is 0.364. The van der Waals surface area contributed by atoms with Crippen molar-refractivity contribution in [1.82, 2.24) is 0 Å². The third-order valence-corrected chi connectivity index (χ3v) is 11.5. The van der Waals surface area contributed by atoms with E-state index in [1.165, 1.54) is 30.4 Å². The van der Waals surface area contributed by atoms with E-state index in [1.54, 1.807) is 0 Å². The van der Waals surface area contributed by atoms with Crippen molar-refractivity contribution in [2.45, 2.75) is 32.2 Å². The van der Waals surface area contributed by atoms with Gasteiger partial charge in [0.15, 0.2) is 0 Å². The van der Waals surface area contributed by atoms with Crippen molar-refractivity contribution in [2.75, 3.05) is 20.8 Å². The molecule has 0 amide bonds. The standard InChI is InChI=1S/C22H31O4PSi/c1-22(2,3)28(20-14-8-6-9-15-20,21-16-10-7-11-17-21)26-18-12-13-19-27(23,24-4)25-5/h6-11,13-17,19H,12,18H2,1-5H3. The lowest BCUT2D eigenvalue weighted by molar-refractivity contribution is 0.285. The van der Waals surface area contributed by atoms with Crippen molar-refractivity contribution in [1.29, 1.82) is 0 Å². The van der Waals surface area contributed by atoms with Crippen LogP contribution in [0, 0.1) is 0 Å². The van der Waals surface area contributed by atoms with Crippen LogP contribution >= 0.6 is 7.60 Å². The van der Waals surface area contributed by atoms with E-state index < -0.39 is 15.9 Å². The lowest BCUT2D eigenvalue weighted by atomic mass is 10.2.